The number of halogens is 2. The van der Waals surface area contributed by atoms with Crippen molar-refractivity contribution in [2.24, 2.45) is 0 Å². The summed E-state index contributed by atoms with van der Waals surface area (Å²) in [6, 6.07) is 8.66. The Kier molecular flexibility index (Phi) is 2.80. The second-order valence-electron chi connectivity index (χ2n) is 3.01. The predicted molar refractivity (Wildman–Crippen MR) is 62.5 cm³/mol. The number of aromatic amines is 1. The van der Waals surface area contributed by atoms with Crippen molar-refractivity contribution in [3.8, 4) is 11.1 Å². The van der Waals surface area contributed by atoms with E-state index >= 15 is 0 Å². The lowest BCUT2D eigenvalue weighted by Crippen LogP contribution is -2.07. The highest BCUT2D eigenvalue weighted by atomic mass is 35.5. The average Bonchev–Trinajstić information content (AvgIpc) is 2.23. The van der Waals surface area contributed by atoms with Gasteiger partial charge in [-0.05, 0) is 18.2 Å². The average molecular weight is 240 g/mol. The number of hydrogen-bond acceptors (Lipinski definition) is 1. The Morgan fingerprint density at radius 2 is 1.73 bits per heavy atom. The first-order valence-electron chi connectivity index (χ1n) is 4.32. The van der Waals surface area contributed by atoms with Crippen molar-refractivity contribution in [2.45, 2.75) is 0 Å². The van der Waals surface area contributed by atoms with Crippen LogP contribution in [0.15, 0.2) is 41.3 Å². The van der Waals surface area contributed by atoms with E-state index in [0.29, 0.717) is 21.2 Å². The number of pyridine rings is 1. The van der Waals surface area contributed by atoms with Gasteiger partial charge >= 0.3 is 0 Å². The molecule has 1 N–H and O–H groups in total. The molecule has 76 valence electrons. The molecule has 0 aliphatic rings. The molecule has 4 heteroatoms. The van der Waals surface area contributed by atoms with Gasteiger partial charge in [0.15, 0.2) is 0 Å². The molecule has 2 aromatic rings. The third-order valence-corrected chi connectivity index (χ3v) is 2.88. The first-order chi connectivity index (χ1) is 7.20. The van der Waals surface area contributed by atoms with Gasteiger partial charge in [-0.15, -0.1) is 0 Å². The molecule has 0 aliphatic carbocycles. The van der Waals surface area contributed by atoms with Gasteiger partial charge in [0.25, 0.3) is 5.56 Å². The Hall–Kier alpha value is -1.25. The van der Waals surface area contributed by atoms with Crippen LogP contribution in [0, 0.1) is 0 Å². The van der Waals surface area contributed by atoms with Crippen LogP contribution in [0.2, 0.25) is 10.0 Å². The molecule has 0 fully saturated rings. The molecular formula is C11H7Cl2NO. The lowest BCUT2D eigenvalue weighted by atomic mass is 10.1. The Bertz CT molecular complexity index is 548. The molecule has 0 radical (unpaired) electrons. The van der Waals surface area contributed by atoms with E-state index in [9.17, 15) is 4.79 Å². The second-order valence-corrected chi connectivity index (χ2v) is 3.80. The summed E-state index contributed by atoms with van der Waals surface area (Å²) in [7, 11) is 0. The summed E-state index contributed by atoms with van der Waals surface area (Å²) in [6.07, 6.45) is 1.57. The zero-order valence-corrected chi connectivity index (χ0v) is 9.14. The van der Waals surface area contributed by atoms with Crippen LogP contribution in [0.5, 0.6) is 0 Å². The number of aromatic nitrogens is 1. The quantitative estimate of drug-likeness (QED) is 0.814. The highest BCUT2D eigenvalue weighted by Gasteiger charge is 2.08. The normalized spacial score (nSPS) is 10.3. The van der Waals surface area contributed by atoms with Gasteiger partial charge in [0.2, 0.25) is 0 Å². The molecule has 0 atom stereocenters. The van der Waals surface area contributed by atoms with E-state index in [0.717, 1.165) is 0 Å². The molecule has 0 spiro atoms. The number of benzene rings is 1. The Morgan fingerprint density at radius 3 is 2.47 bits per heavy atom. The van der Waals surface area contributed by atoms with Gasteiger partial charge in [0.05, 0.1) is 10.0 Å². The third-order valence-electron chi connectivity index (χ3n) is 2.06. The minimum Gasteiger partial charge on any atom is -0.329 e. The molecule has 2 nitrogen and oxygen atoms in total. The SMILES string of the molecule is O=c1[nH]cccc1-c1cccc(Cl)c1Cl. The van der Waals surface area contributed by atoms with E-state index < -0.39 is 0 Å². The van der Waals surface area contributed by atoms with Gasteiger partial charge in [-0.1, -0.05) is 35.3 Å². The highest BCUT2D eigenvalue weighted by Crippen LogP contribution is 2.31. The van der Waals surface area contributed by atoms with Crippen molar-refractivity contribution in [2.75, 3.05) is 0 Å². The first-order valence-corrected chi connectivity index (χ1v) is 5.08. The predicted octanol–water partition coefficient (Wildman–Crippen LogP) is 3.35. The van der Waals surface area contributed by atoms with E-state index in [2.05, 4.69) is 4.98 Å². The van der Waals surface area contributed by atoms with E-state index in [1.54, 1.807) is 36.5 Å². The molecule has 0 saturated heterocycles. The summed E-state index contributed by atoms with van der Waals surface area (Å²) in [6.45, 7) is 0. The van der Waals surface area contributed by atoms with Crippen LogP contribution in [0.1, 0.15) is 0 Å². The van der Waals surface area contributed by atoms with Gasteiger partial charge in [0.1, 0.15) is 0 Å². The summed E-state index contributed by atoms with van der Waals surface area (Å²) in [5.41, 5.74) is 0.984. The van der Waals surface area contributed by atoms with Crippen molar-refractivity contribution < 1.29 is 0 Å². The van der Waals surface area contributed by atoms with Crippen LogP contribution in [0.25, 0.3) is 11.1 Å². The largest absolute Gasteiger partial charge is 0.329 e. The van der Waals surface area contributed by atoms with Crippen molar-refractivity contribution in [3.63, 3.8) is 0 Å². The topological polar surface area (TPSA) is 32.9 Å². The van der Waals surface area contributed by atoms with Crippen LogP contribution in [0.4, 0.5) is 0 Å². The molecule has 1 heterocycles. The van der Waals surface area contributed by atoms with Crippen LogP contribution in [-0.2, 0) is 0 Å². The summed E-state index contributed by atoms with van der Waals surface area (Å²) >= 11 is 11.9. The Morgan fingerprint density at radius 1 is 1.00 bits per heavy atom. The fourth-order valence-corrected chi connectivity index (χ4v) is 1.75. The zero-order chi connectivity index (χ0) is 10.8. The number of H-pyrrole nitrogens is 1. The molecule has 0 amide bonds. The van der Waals surface area contributed by atoms with Gasteiger partial charge in [-0.3, -0.25) is 4.79 Å². The van der Waals surface area contributed by atoms with Crippen LogP contribution >= 0.6 is 23.2 Å². The molecule has 0 saturated carbocycles. The minimum atomic E-state index is -0.179. The maximum absolute atomic E-state index is 11.5. The van der Waals surface area contributed by atoms with Crippen molar-refractivity contribution >= 4 is 23.2 Å². The third kappa shape index (κ3) is 1.91. The summed E-state index contributed by atoms with van der Waals surface area (Å²) in [5.74, 6) is 0. The van der Waals surface area contributed by atoms with Crippen molar-refractivity contribution in [1.82, 2.24) is 4.98 Å². The first kappa shape index (κ1) is 10.3. The molecule has 15 heavy (non-hydrogen) atoms. The summed E-state index contributed by atoms with van der Waals surface area (Å²) in [4.78, 5) is 14.1. The fourth-order valence-electron chi connectivity index (χ4n) is 1.35. The Labute approximate surface area is 96.5 Å². The number of rotatable bonds is 1. The van der Waals surface area contributed by atoms with Crippen molar-refractivity contribution in [1.29, 1.82) is 0 Å². The molecular weight excluding hydrogens is 233 g/mol. The van der Waals surface area contributed by atoms with Crippen LogP contribution in [-0.4, -0.2) is 4.98 Å². The summed E-state index contributed by atoms with van der Waals surface area (Å²) in [5, 5.41) is 0.841. The lowest BCUT2D eigenvalue weighted by Gasteiger charge is -2.04. The maximum atomic E-state index is 11.5. The fraction of sp³-hybridized carbons (Fsp3) is 0. The number of nitrogens with one attached hydrogen (secondary N) is 1. The smallest absolute Gasteiger partial charge is 0.255 e. The highest BCUT2D eigenvalue weighted by molar-refractivity contribution is 6.43. The van der Waals surface area contributed by atoms with Gasteiger partial charge in [0, 0.05) is 17.3 Å². The number of hydrogen-bond donors (Lipinski definition) is 1. The Balaban J connectivity index is 2.70. The molecule has 0 unspecified atom stereocenters. The van der Waals surface area contributed by atoms with Gasteiger partial charge < -0.3 is 4.98 Å². The summed E-state index contributed by atoms with van der Waals surface area (Å²) < 4.78 is 0. The second kappa shape index (κ2) is 4.09. The van der Waals surface area contributed by atoms with Crippen molar-refractivity contribution in [3.05, 3.63) is 56.9 Å². The lowest BCUT2D eigenvalue weighted by molar-refractivity contribution is 1.24. The zero-order valence-electron chi connectivity index (χ0n) is 7.63. The van der Waals surface area contributed by atoms with E-state index in [4.69, 9.17) is 23.2 Å². The molecule has 0 bridgehead atoms. The van der Waals surface area contributed by atoms with E-state index in [1.165, 1.54) is 0 Å². The molecule has 1 aromatic carbocycles. The monoisotopic (exact) mass is 239 g/mol. The standard InChI is InChI=1S/C11H7Cl2NO/c12-9-5-1-3-7(10(9)13)8-4-2-6-14-11(8)15/h1-6H,(H,14,15). The van der Waals surface area contributed by atoms with Crippen LogP contribution < -0.4 is 5.56 Å². The van der Waals surface area contributed by atoms with E-state index in [1.807, 2.05) is 0 Å². The van der Waals surface area contributed by atoms with Gasteiger partial charge in [-0.25, -0.2) is 0 Å². The molecule has 2 rings (SSSR count). The molecule has 1 aromatic heterocycles. The van der Waals surface area contributed by atoms with E-state index in [-0.39, 0.29) is 5.56 Å². The molecule has 0 aliphatic heterocycles. The minimum absolute atomic E-state index is 0.179. The van der Waals surface area contributed by atoms with Crippen LogP contribution in [0.3, 0.4) is 0 Å². The maximum Gasteiger partial charge on any atom is 0.255 e. The van der Waals surface area contributed by atoms with Gasteiger partial charge in [-0.2, -0.15) is 0 Å².